The normalized spacial score (nSPS) is 17.0. The standard InChI is InChI=1S/C12H10ClN3O3.C8H7BrClNO2.C8H8ClNO2.C5H8N2O2.ClH/c13-10-7-5-16(12(19)6(7)3-4-14-10)8-1-2-9(17)15-11(8)18;1-13-8(12)5-2-3-11-7(10)6(5)4-9;1-5-6(8(11)12-2)3-4-10-7(5)9;6-3-1-2-4(8)7-5(3)9;/h3-4,8H,1-2,5H2,(H,15,17,18);2-3H,4H2,1H3;3-4H,1-2H3;3H,1-2,6H2,(H,7,8,9);1H. The Labute approximate surface area is 338 Å². The van der Waals surface area contributed by atoms with Gasteiger partial charge in [-0.25, -0.2) is 24.5 Å². The molecule has 3 aromatic rings. The van der Waals surface area contributed by atoms with Crippen LogP contribution >= 0.6 is 63.1 Å². The van der Waals surface area contributed by atoms with Crippen LogP contribution in [0, 0.1) is 6.92 Å². The quantitative estimate of drug-likeness (QED) is 0.146. The van der Waals surface area contributed by atoms with E-state index in [0.29, 0.717) is 68.3 Å². The monoisotopic (exact) mass is 891 g/mol. The van der Waals surface area contributed by atoms with Gasteiger partial charge >= 0.3 is 11.9 Å². The topological polar surface area (TPSA) is 230 Å². The second kappa shape index (κ2) is 21.6. The first-order valence-corrected chi connectivity index (χ1v) is 17.7. The van der Waals surface area contributed by atoms with Gasteiger partial charge in [0.15, 0.2) is 0 Å². The Morgan fingerprint density at radius 1 is 0.833 bits per heavy atom. The van der Waals surface area contributed by atoms with E-state index in [2.05, 4.69) is 51.0 Å². The number of imide groups is 2. The lowest BCUT2D eigenvalue weighted by Crippen LogP contribution is -2.52. The van der Waals surface area contributed by atoms with E-state index in [1.165, 1.54) is 37.7 Å². The Hall–Kier alpha value is -4.26. The summed E-state index contributed by atoms with van der Waals surface area (Å²) < 4.78 is 9.13. The smallest absolute Gasteiger partial charge is 0.338 e. The van der Waals surface area contributed by atoms with Gasteiger partial charge in [0.1, 0.15) is 21.5 Å². The molecule has 290 valence electrons. The molecule has 0 spiro atoms. The number of piperidine rings is 2. The summed E-state index contributed by atoms with van der Waals surface area (Å²) in [4.78, 5) is 91.5. The third-order valence-electron chi connectivity index (χ3n) is 7.78. The fraction of sp³-hybridized carbons (Fsp3) is 0.333. The Bertz CT molecular complexity index is 1920. The average Bonchev–Trinajstić information content (AvgIpc) is 3.48. The number of pyridine rings is 3. The van der Waals surface area contributed by atoms with E-state index in [1.54, 1.807) is 25.1 Å². The molecule has 54 heavy (non-hydrogen) atoms. The van der Waals surface area contributed by atoms with Crippen molar-refractivity contribution < 1.29 is 43.0 Å². The molecule has 21 heteroatoms. The Morgan fingerprint density at radius 3 is 1.89 bits per heavy atom. The highest BCUT2D eigenvalue weighted by atomic mass is 79.9. The summed E-state index contributed by atoms with van der Waals surface area (Å²) in [6, 6.07) is 3.65. The van der Waals surface area contributed by atoms with Crippen LogP contribution < -0.4 is 16.4 Å². The molecule has 0 bridgehead atoms. The van der Waals surface area contributed by atoms with E-state index in [-0.39, 0.29) is 54.2 Å². The number of nitrogens with one attached hydrogen (secondary N) is 2. The van der Waals surface area contributed by atoms with E-state index in [0.717, 1.165) is 0 Å². The minimum Gasteiger partial charge on any atom is -0.465 e. The van der Waals surface area contributed by atoms with Crippen molar-refractivity contribution in [1.82, 2.24) is 30.5 Å². The molecule has 3 aliphatic heterocycles. The lowest BCUT2D eigenvalue weighted by Gasteiger charge is -2.29. The van der Waals surface area contributed by atoms with E-state index in [1.807, 2.05) is 0 Å². The fourth-order valence-electron chi connectivity index (χ4n) is 4.89. The zero-order chi connectivity index (χ0) is 39.4. The van der Waals surface area contributed by atoms with Crippen LogP contribution in [0.15, 0.2) is 36.8 Å². The van der Waals surface area contributed by atoms with Gasteiger partial charge in [-0.3, -0.25) is 34.6 Å². The van der Waals surface area contributed by atoms with E-state index < -0.39 is 29.9 Å². The van der Waals surface area contributed by atoms with Gasteiger partial charge in [0.2, 0.25) is 23.6 Å². The lowest BCUT2D eigenvalue weighted by atomic mass is 10.0. The number of methoxy groups -OCH3 is 2. The number of alkyl halides is 1. The molecule has 2 unspecified atom stereocenters. The lowest BCUT2D eigenvalue weighted by molar-refractivity contribution is -0.137. The van der Waals surface area contributed by atoms with E-state index >= 15 is 0 Å². The zero-order valence-corrected chi connectivity index (χ0v) is 33.5. The number of ether oxygens (including phenoxy) is 2. The van der Waals surface area contributed by atoms with Crippen molar-refractivity contribution in [3.05, 3.63) is 85.6 Å². The number of amides is 5. The molecule has 6 heterocycles. The Kier molecular flexibility index (Phi) is 18.3. The summed E-state index contributed by atoms with van der Waals surface area (Å²) in [7, 11) is 2.66. The molecular weight excluding hydrogens is 860 g/mol. The van der Waals surface area contributed by atoms with Crippen LogP contribution in [0.4, 0.5) is 0 Å². The molecule has 0 aromatic carbocycles. The second-order valence-corrected chi connectivity index (χ2v) is 12.7. The third-order valence-corrected chi connectivity index (χ3v) is 9.37. The molecule has 3 aromatic heterocycles. The number of esters is 2. The molecule has 0 saturated carbocycles. The number of carbonyl (C=O) groups is 7. The number of carbonyl (C=O) groups excluding carboxylic acids is 7. The van der Waals surface area contributed by atoms with Crippen LogP contribution in [0.5, 0.6) is 0 Å². The van der Waals surface area contributed by atoms with Gasteiger partial charge in [-0.2, -0.15) is 0 Å². The molecule has 0 aliphatic carbocycles. The highest BCUT2D eigenvalue weighted by molar-refractivity contribution is 9.08. The van der Waals surface area contributed by atoms with Crippen LogP contribution in [0.3, 0.4) is 0 Å². The van der Waals surface area contributed by atoms with Gasteiger partial charge in [0, 0.05) is 59.0 Å². The maximum absolute atomic E-state index is 12.2. The number of aromatic nitrogens is 3. The number of fused-ring (bicyclic) bond motifs is 1. The first-order valence-electron chi connectivity index (χ1n) is 15.5. The van der Waals surface area contributed by atoms with Crippen molar-refractivity contribution in [3.8, 4) is 0 Å². The van der Waals surface area contributed by atoms with Crippen molar-refractivity contribution in [1.29, 1.82) is 0 Å². The summed E-state index contributed by atoms with van der Waals surface area (Å²) >= 11 is 20.7. The van der Waals surface area contributed by atoms with Crippen molar-refractivity contribution in [3.63, 3.8) is 0 Å². The number of hydrogen-bond acceptors (Lipinski definition) is 13. The highest BCUT2D eigenvalue weighted by Crippen LogP contribution is 2.30. The maximum Gasteiger partial charge on any atom is 0.338 e. The molecule has 4 N–H and O–H groups in total. The van der Waals surface area contributed by atoms with Crippen LogP contribution in [-0.2, 0) is 40.5 Å². The van der Waals surface area contributed by atoms with Crippen molar-refractivity contribution in [2.45, 2.75) is 56.6 Å². The Morgan fingerprint density at radius 2 is 1.35 bits per heavy atom. The first kappa shape index (κ1) is 45.9. The Balaban J connectivity index is 0.000000257. The van der Waals surface area contributed by atoms with Gasteiger partial charge in [-0.15, -0.1) is 12.4 Å². The number of nitrogens with two attached hydrogens (primary N) is 1. The van der Waals surface area contributed by atoms with Crippen LogP contribution in [0.2, 0.25) is 15.5 Å². The zero-order valence-electron chi connectivity index (χ0n) is 28.8. The highest BCUT2D eigenvalue weighted by Gasteiger charge is 2.40. The molecule has 2 fully saturated rings. The van der Waals surface area contributed by atoms with Gasteiger partial charge in [0.05, 0.1) is 37.9 Å². The maximum atomic E-state index is 12.2. The van der Waals surface area contributed by atoms with Crippen molar-refractivity contribution in [2.75, 3.05) is 14.2 Å². The number of hydrogen-bond donors (Lipinski definition) is 3. The summed E-state index contributed by atoms with van der Waals surface area (Å²) in [6.45, 7) is 1.98. The summed E-state index contributed by atoms with van der Waals surface area (Å²) in [5, 5.41) is 5.78. The van der Waals surface area contributed by atoms with E-state index in [4.69, 9.17) is 40.5 Å². The molecule has 6 rings (SSSR count). The van der Waals surface area contributed by atoms with Crippen LogP contribution in [0.25, 0.3) is 0 Å². The van der Waals surface area contributed by atoms with Crippen molar-refractivity contribution in [2.24, 2.45) is 5.73 Å². The first-order chi connectivity index (χ1) is 25.1. The number of halogens is 5. The molecule has 2 saturated heterocycles. The summed E-state index contributed by atoms with van der Waals surface area (Å²) in [5.41, 5.74) is 8.58. The van der Waals surface area contributed by atoms with Gasteiger partial charge in [-0.1, -0.05) is 50.7 Å². The summed E-state index contributed by atoms with van der Waals surface area (Å²) in [6.07, 6.45) is 5.84. The fourth-order valence-corrected chi connectivity index (χ4v) is 6.22. The van der Waals surface area contributed by atoms with Crippen LogP contribution in [0.1, 0.15) is 73.4 Å². The molecule has 5 amide bonds. The predicted octanol–water partition coefficient (Wildman–Crippen LogP) is 3.91. The second-order valence-electron chi connectivity index (χ2n) is 11.1. The number of nitrogens with zero attached hydrogens (tertiary/aromatic N) is 4. The van der Waals surface area contributed by atoms with E-state index in [9.17, 15) is 33.6 Å². The van der Waals surface area contributed by atoms with Crippen molar-refractivity contribution >= 4 is 105 Å². The van der Waals surface area contributed by atoms with Gasteiger partial charge in [0.25, 0.3) is 5.91 Å². The molecule has 0 radical (unpaired) electrons. The minimum absolute atomic E-state index is 0. The SMILES string of the molecule is COC(=O)c1ccnc(Cl)c1C.COC(=O)c1ccnc(Cl)c1CBr.Cl.NC1CCC(=O)NC1=O.O=C1CCC(N2Cc3c(ccnc3Cl)C2=O)C(=O)N1. The third kappa shape index (κ3) is 11.9. The average molecular weight is 894 g/mol. The largest absolute Gasteiger partial charge is 0.465 e. The molecule has 16 nitrogen and oxygen atoms in total. The van der Waals surface area contributed by atoms with Crippen LogP contribution in [-0.4, -0.2) is 87.6 Å². The van der Waals surface area contributed by atoms with Gasteiger partial charge < -0.3 is 20.1 Å². The van der Waals surface area contributed by atoms with Gasteiger partial charge in [-0.05, 0) is 38.0 Å². The number of rotatable bonds is 4. The predicted molar refractivity (Wildman–Crippen MR) is 201 cm³/mol. The minimum atomic E-state index is -0.617. The molecule has 2 atom stereocenters. The molecule has 3 aliphatic rings. The molecular formula is C33H34BrCl4N7O9. The summed E-state index contributed by atoms with van der Waals surface area (Å²) in [5.74, 6) is -2.34.